The summed E-state index contributed by atoms with van der Waals surface area (Å²) in [4.78, 5) is 15.1. The molecule has 9 heteroatoms. The number of aromatic nitrogens is 2. The Balaban J connectivity index is 1.75. The summed E-state index contributed by atoms with van der Waals surface area (Å²) in [5.41, 5.74) is 0.324. The minimum Gasteiger partial charge on any atom is -0.391 e. The number of hydrogen-bond acceptors (Lipinski definition) is 4. The van der Waals surface area contributed by atoms with E-state index < -0.39 is 29.2 Å². The number of halogens is 4. The number of benzene rings is 2. The normalized spacial score (nSPS) is 18.1. The molecule has 172 valence electrons. The summed E-state index contributed by atoms with van der Waals surface area (Å²) in [5, 5.41) is 14.2. The van der Waals surface area contributed by atoms with Gasteiger partial charge < -0.3 is 10.0 Å². The maximum atomic E-state index is 13.9. The molecular formula is C24H21F4N3O2. The molecule has 2 aromatic carbocycles. The summed E-state index contributed by atoms with van der Waals surface area (Å²) in [6, 6.07) is 9.26. The summed E-state index contributed by atoms with van der Waals surface area (Å²) >= 11 is 0. The second-order valence-corrected chi connectivity index (χ2v) is 8.47. The van der Waals surface area contributed by atoms with Crippen LogP contribution < -0.4 is 10.5 Å². The first-order chi connectivity index (χ1) is 15.7. The maximum Gasteiger partial charge on any atom is 0.418 e. The number of hydrogen-bond donors (Lipinski definition) is 1. The molecule has 5 rings (SSSR count). The van der Waals surface area contributed by atoms with Gasteiger partial charge >= 0.3 is 6.18 Å². The van der Waals surface area contributed by atoms with Gasteiger partial charge in [-0.3, -0.25) is 4.79 Å². The Bertz CT molecular complexity index is 1290. The lowest BCUT2D eigenvalue weighted by molar-refractivity contribution is -0.137. The predicted octanol–water partition coefficient (Wildman–Crippen LogP) is 4.12. The molecule has 2 heterocycles. The number of nitrogens with zero attached hydrogens (tertiary/aromatic N) is 3. The molecule has 0 amide bonds. The molecule has 1 unspecified atom stereocenters. The zero-order chi connectivity index (χ0) is 23.3. The Morgan fingerprint density at radius 2 is 1.85 bits per heavy atom. The van der Waals surface area contributed by atoms with Gasteiger partial charge in [0.15, 0.2) is 0 Å². The third kappa shape index (κ3) is 3.90. The first-order valence-corrected chi connectivity index (χ1v) is 10.8. The van der Waals surface area contributed by atoms with E-state index >= 15 is 0 Å². The van der Waals surface area contributed by atoms with Crippen molar-refractivity contribution in [1.82, 2.24) is 9.78 Å². The topological polar surface area (TPSA) is 58.4 Å². The lowest BCUT2D eigenvalue weighted by Gasteiger charge is -2.22. The van der Waals surface area contributed by atoms with Crippen molar-refractivity contribution in [3.63, 3.8) is 0 Å². The molecule has 1 atom stereocenters. The van der Waals surface area contributed by atoms with E-state index in [0.29, 0.717) is 66.8 Å². The van der Waals surface area contributed by atoms with Crippen molar-refractivity contribution in [2.75, 3.05) is 18.0 Å². The van der Waals surface area contributed by atoms with Crippen molar-refractivity contribution in [3.05, 3.63) is 75.3 Å². The molecule has 1 saturated heterocycles. The number of aliphatic hydroxyl groups is 1. The fourth-order valence-corrected chi connectivity index (χ4v) is 4.71. The van der Waals surface area contributed by atoms with Crippen LogP contribution in [0.3, 0.4) is 0 Å². The number of anilines is 1. The van der Waals surface area contributed by atoms with Crippen LogP contribution in [0.2, 0.25) is 0 Å². The lowest BCUT2D eigenvalue weighted by Crippen LogP contribution is -2.29. The van der Waals surface area contributed by atoms with Crippen molar-refractivity contribution < 1.29 is 22.7 Å². The van der Waals surface area contributed by atoms with Crippen LogP contribution in [0.15, 0.2) is 47.3 Å². The molecule has 0 saturated carbocycles. The smallest absolute Gasteiger partial charge is 0.391 e. The van der Waals surface area contributed by atoms with Gasteiger partial charge in [0, 0.05) is 29.9 Å². The summed E-state index contributed by atoms with van der Waals surface area (Å²) in [6.07, 6.45) is -3.10. The van der Waals surface area contributed by atoms with Crippen molar-refractivity contribution in [1.29, 1.82) is 0 Å². The minimum absolute atomic E-state index is 0.297. The van der Waals surface area contributed by atoms with Crippen molar-refractivity contribution in [3.8, 4) is 16.9 Å². The van der Waals surface area contributed by atoms with Crippen molar-refractivity contribution >= 4 is 5.69 Å². The Morgan fingerprint density at radius 3 is 2.55 bits per heavy atom. The van der Waals surface area contributed by atoms with Gasteiger partial charge in [-0.25, -0.2) is 4.39 Å². The van der Waals surface area contributed by atoms with Crippen LogP contribution in [0.1, 0.15) is 29.5 Å². The molecule has 0 spiro atoms. The van der Waals surface area contributed by atoms with E-state index in [9.17, 15) is 27.5 Å². The average Bonchev–Trinajstić information content (AvgIpc) is 3.43. The van der Waals surface area contributed by atoms with E-state index in [2.05, 4.69) is 5.10 Å². The van der Waals surface area contributed by atoms with Crippen LogP contribution >= 0.6 is 0 Å². The quantitative estimate of drug-likeness (QED) is 0.599. The van der Waals surface area contributed by atoms with Gasteiger partial charge in [0.05, 0.1) is 23.0 Å². The first kappa shape index (κ1) is 21.6. The fourth-order valence-electron chi connectivity index (χ4n) is 4.71. The van der Waals surface area contributed by atoms with Crippen LogP contribution in [0.4, 0.5) is 23.2 Å². The molecule has 1 aliphatic heterocycles. The molecule has 3 aromatic rings. The van der Waals surface area contributed by atoms with Gasteiger partial charge in [-0.05, 0) is 61.6 Å². The number of β-amino-alcohol motifs (C(OH)–C–C–N with tert-alkyl or cyclic N) is 1. The van der Waals surface area contributed by atoms with E-state index in [-0.39, 0.29) is 5.69 Å². The molecule has 0 bridgehead atoms. The van der Waals surface area contributed by atoms with E-state index in [4.69, 9.17) is 0 Å². The highest BCUT2D eigenvalue weighted by molar-refractivity contribution is 5.66. The molecule has 2 aliphatic rings. The molecule has 1 N–H and O–H groups in total. The van der Waals surface area contributed by atoms with E-state index in [1.165, 1.54) is 30.3 Å². The molecule has 1 aliphatic carbocycles. The second-order valence-electron chi connectivity index (χ2n) is 8.47. The zero-order valence-electron chi connectivity index (χ0n) is 17.6. The monoisotopic (exact) mass is 459 g/mol. The minimum atomic E-state index is -4.71. The number of aliphatic hydroxyl groups excluding tert-OH is 1. The van der Waals surface area contributed by atoms with Crippen LogP contribution in [0, 0.1) is 5.82 Å². The first-order valence-electron chi connectivity index (χ1n) is 10.8. The molecule has 33 heavy (non-hydrogen) atoms. The zero-order valence-corrected chi connectivity index (χ0v) is 17.6. The van der Waals surface area contributed by atoms with E-state index in [0.717, 1.165) is 10.7 Å². The Morgan fingerprint density at radius 1 is 1.06 bits per heavy atom. The standard InChI is InChI=1S/C24H21F4N3O2/c25-15-4-1-3-14(11-15)22-18-5-2-6-19(18)23(33)31(29-22)21-12-16(30-10-9-17(32)13-30)7-8-20(21)24(26,27)28/h1,3-4,7-8,11-12,17,32H,2,5-6,9-10,13H2. The number of rotatable bonds is 3. The third-order valence-electron chi connectivity index (χ3n) is 6.30. The van der Waals surface area contributed by atoms with Gasteiger partial charge in [-0.2, -0.15) is 23.0 Å². The van der Waals surface area contributed by atoms with Crippen molar-refractivity contribution in [2.45, 2.75) is 38.0 Å². The highest BCUT2D eigenvalue weighted by atomic mass is 19.4. The van der Waals surface area contributed by atoms with Gasteiger partial charge in [0.25, 0.3) is 5.56 Å². The largest absolute Gasteiger partial charge is 0.418 e. The molecule has 5 nitrogen and oxygen atoms in total. The lowest BCUT2D eigenvalue weighted by atomic mass is 10.0. The second kappa shape index (κ2) is 7.98. The van der Waals surface area contributed by atoms with Gasteiger partial charge in [0.2, 0.25) is 0 Å². The van der Waals surface area contributed by atoms with Gasteiger partial charge in [0.1, 0.15) is 5.82 Å². The molecule has 1 fully saturated rings. The van der Waals surface area contributed by atoms with E-state index in [1.807, 2.05) is 0 Å². The highest BCUT2D eigenvalue weighted by Gasteiger charge is 2.36. The number of alkyl halides is 3. The van der Waals surface area contributed by atoms with E-state index in [1.54, 1.807) is 11.0 Å². The van der Waals surface area contributed by atoms with Crippen LogP contribution in [0.25, 0.3) is 16.9 Å². The Hall–Kier alpha value is -3.20. The van der Waals surface area contributed by atoms with Crippen molar-refractivity contribution in [2.24, 2.45) is 0 Å². The summed E-state index contributed by atoms with van der Waals surface area (Å²) in [5.74, 6) is -0.496. The third-order valence-corrected chi connectivity index (χ3v) is 6.30. The number of fused-ring (bicyclic) bond motifs is 1. The summed E-state index contributed by atoms with van der Waals surface area (Å²) < 4.78 is 56.5. The Labute approximate surface area is 186 Å². The van der Waals surface area contributed by atoms with Gasteiger partial charge in [-0.1, -0.05) is 12.1 Å². The predicted molar refractivity (Wildman–Crippen MR) is 115 cm³/mol. The Kier molecular flexibility index (Phi) is 5.23. The molecule has 1 aromatic heterocycles. The van der Waals surface area contributed by atoms with Crippen LogP contribution in [-0.4, -0.2) is 34.1 Å². The average molecular weight is 459 g/mol. The highest BCUT2D eigenvalue weighted by Crippen LogP contribution is 2.37. The van der Waals surface area contributed by atoms with Crippen LogP contribution in [-0.2, 0) is 19.0 Å². The van der Waals surface area contributed by atoms with Crippen LogP contribution in [0.5, 0.6) is 0 Å². The fraction of sp³-hybridized carbons (Fsp3) is 0.333. The molecular weight excluding hydrogens is 438 g/mol. The SMILES string of the molecule is O=c1c2c(c(-c3cccc(F)c3)nn1-c1cc(N3CCC(O)C3)ccc1C(F)(F)F)CCC2. The maximum absolute atomic E-state index is 13.9. The summed E-state index contributed by atoms with van der Waals surface area (Å²) in [7, 11) is 0. The molecule has 0 radical (unpaired) electrons. The van der Waals surface area contributed by atoms with Gasteiger partial charge in [-0.15, -0.1) is 0 Å². The summed E-state index contributed by atoms with van der Waals surface area (Å²) in [6.45, 7) is 0.791.